The van der Waals surface area contributed by atoms with E-state index in [9.17, 15) is 4.39 Å². The number of halogens is 1. The highest BCUT2D eigenvalue weighted by molar-refractivity contribution is 5.46. The van der Waals surface area contributed by atoms with E-state index < -0.39 is 5.82 Å². The highest BCUT2D eigenvalue weighted by atomic mass is 19.1. The maximum Gasteiger partial charge on any atom is 0.148 e. The van der Waals surface area contributed by atoms with Crippen LogP contribution in [0.25, 0.3) is 0 Å². The van der Waals surface area contributed by atoms with Crippen molar-refractivity contribution in [3.63, 3.8) is 0 Å². The second-order valence-electron chi connectivity index (χ2n) is 4.55. The molecule has 0 aliphatic rings. The largest absolute Gasteiger partial charge is 0.456 e. The number of rotatable bonds is 3. The summed E-state index contributed by atoms with van der Waals surface area (Å²) in [6.45, 7) is 4.21. The lowest BCUT2D eigenvalue weighted by Gasteiger charge is -2.09. The van der Waals surface area contributed by atoms with Crippen molar-refractivity contribution < 1.29 is 9.13 Å². The van der Waals surface area contributed by atoms with Crippen LogP contribution in [0.3, 0.4) is 0 Å². The number of benzene rings is 2. The van der Waals surface area contributed by atoms with Gasteiger partial charge in [-0.3, -0.25) is 0 Å². The number of nitriles is 1. The zero-order valence-electron chi connectivity index (χ0n) is 10.9. The average Bonchev–Trinajstić information content (AvgIpc) is 2.39. The van der Waals surface area contributed by atoms with E-state index in [1.165, 1.54) is 17.7 Å². The first kappa shape index (κ1) is 13.1. The van der Waals surface area contributed by atoms with Gasteiger partial charge in [-0.1, -0.05) is 32.0 Å². The molecule has 96 valence electrons. The zero-order valence-corrected chi connectivity index (χ0v) is 10.9. The molecule has 2 rings (SSSR count). The molecule has 2 aromatic rings. The monoisotopic (exact) mass is 255 g/mol. The van der Waals surface area contributed by atoms with Crippen LogP contribution in [-0.4, -0.2) is 0 Å². The van der Waals surface area contributed by atoms with Gasteiger partial charge in [0.25, 0.3) is 0 Å². The summed E-state index contributed by atoms with van der Waals surface area (Å²) in [5.41, 5.74) is 1.13. The minimum absolute atomic E-state index is 0.0737. The maximum atomic E-state index is 13.4. The van der Waals surface area contributed by atoms with Gasteiger partial charge in [-0.15, -0.1) is 0 Å². The van der Waals surface area contributed by atoms with Crippen LogP contribution in [0.4, 0.5) is 4.39 Å². The van der Waals surface area contributed by atoms with Crippen molar-refractivity contribution in [2.45, 2.75) is 19.8 Å². The molecule has 0 aliphatic carbocycles. The number of hydrogen-bond acceptors (Lipinski definition) is 2. The van der Waals surface area contributed by atoms with Crippen LogP contribution in [0, 0.1) is 17.1 Å². The van der Waals surface area contributed by atoms with Crippen LogP contribution in [0.5, 0.6) is 11.5 Å². The van der Waals surface area contributed by atoms with Crippen LogP contribution in [0.15, 0.2) is 42.5 Å². The molecule has 0 aromatic heterocycles. The van der Waals surface area contributed by atoms with Crippen LogP contribution in [0.1, 0.15) is 30.9 Å². The molecule has 0 unspecified atom stereocenters. The molecule has 2 aromatic carbocycles. The lowest BCUT2D eigenvalue weighted by atomic mass is 10.0. The van der Waals surface area contributed by atoms with Gasteiger partial charge in [0.1, 0.15) is 28.9 Å². The molecular weight excluding hydrogens is 241 g/mol. The summed E-state index contributed by atoms with van der Waals surface area (Å²) < 4.78 is 19.0. The lowest BCUT2D eigenvalue weighted by Crippen LogP contribution is -1.92. The molecule has 2 nitrogen and oxygen atoms in total. The quantitative estimate of drug-likeness (QED) is 0.802. The smallest absolute Gasteiger partial charge is 0.148 e. The molecular formula is C16H14FNO. The van der Waals surface area contributed by atoms with E-state index in [1.54, 1.807) is 6.07 Å². The van der Waals surface area contributed by atoms with E-state index in [-0.39, 0.29) is 11.3 Å². The molecule has 19 heavy (non-hydrogen) atoms. The van der Waals surface area contributed by atoms with Crippen molar-refractivity contribution in [1.82, 2.24) is 0 Å². The Morgan fingerprint density at radius 3 is 2.37 bits per heavy atom. The topological polar surface area (TPSA) is 33.0 Å². The van der Waals surface area contributed by atoms with Crippen LogP contribution in [-0.2, 0) is 0 Å². The first-order chi connectivity index (χ1) is 9.11. The number of hydrogen-bond donors (Lipinski definition) is 0. The summed E-state index contributed by atoms with van der Waals surface area (Å²) in [4.78, 5) is 0. The van der Waals surface area contributed by atoms with E-state index >= 15 is 0 Å². The van der Waals surface area contributed by atoms with Gasteiger partial charge >= 0.3 is 0 Å². The third-order valence-electron chi connectivity index (χ3n) is 2.86. The Morgan fingerprint density at radius 1 is 1.11 bits per heavy atom. The molecule has 0 radical (unpaired) electrons. The Bertz CT molecular complexity index is 612. The standard InChI is InChI=1S/C16H14FNO/c1-11(2)12-6-8-13(9-7-12)19-16-5-3-4-15(17)14(16)10-18/h3-9,11H,1-2H3. The van der Waals surface area contributed by atoms with Gasteiger partial charge in [-0.25, -0.2) is 4.39 Å². The first-order valence-corrected chi connectivity index (χ1v) is 6.08. The third kappa shape index (κ3) is 2.92. The molecule has 0 atom stereocenters. The molecule has 0 amide bonds. The van der Waals surface area contributed by atoms with E-state index in [0.717, 1.165) is 0 Å². The van der Waals surface area contributed by atoms with Crippen molar-refractivity contribution in [3.05, 3.63) is 59.4 Å². The third-order valence-corrected chi connectivity index (χ3v) is 2.86. The second kappa shape index (κ2) is 5.53. The van der Waals surface area contributed by atoms with Crippen molar-refractivity contribution >= 4 is 0 Å². The van der Waals surface area contributed by atoms with Gasteiger partial charge in [-0.2, -0.15) is 5.26 Å². The van der Waals surface area contributed by atoms with E-state index in [0.29, 0.717) is 11.7 Å². The van der Waals surface area contributed by atoms with Gasteiger partial charge < -0.3 is 4.74 Å². The molecule has 0 saturated carbocycles. The molecule has 0 N–H and O–H groups in total. The van der Waals surface area contributed by atoms with Crippen molar-refractivity contribution in [1.29, 1.82) is 5.26 Å². The van der Waals surface area contributed by atoms with Gasteiger partial charge in [-0.05, 0) is 35.7 Å². The van der Waals surface area contributed by atoms with Gasteiger partial charge in [0.05, 0.1) is 0 Å². The molecule has 3 heteroatoms. The highest BCUT2D eigenvalue weighted by Gasteiger charge is 2.09. The van der Waals surface area contributed by atoms with Crippen molar-refractivity contribution in [3.8, 4) is 17.6 Å². The van der Waals surface area contributed by atoms with Gasteiger partial charge in [0.15, 0.2) is 0 Å². The number of nitrogens with zero attached hydrogens (tertiary/aromatic N) is 1. The van der Waals surface area contributed by atoms with Gasteiger partial charge in [0.2, 0.25) is 0 Å². The zero-order chi connectivity index (χ0) is 13.8. The minimum atomic E-state index is -0.571. The molecule has 0 heterocycles. The maximum absolute atomic E-state index is 13.4. The fraction of sp³-hybridized carbons (Fsp3) is 0.188. The second-order valence-corrected chi connectivity index (χ2v) is 4.55. The summed E-state index contributed by atoms with van der Waals surface area (Å²) in [5, 5.41) is 8.92. The average molecular weight is 255 g/mol. The van der Waals surface area contributed by atoms with E-state index in [2.05, 4.69) is 13.8 Å². The summed E-state index contributed by atoms with van der Waals surface area (Å²) in [7, 11) is 0. The lowest BCUT2D eigenvalue weighted by molar-refractivity contribution is 0.474. The first-order valence-electron chi connectivity index (χ1n) is 6.08. The normalized spacial score (nSPS) is 10.3. The summed E-state index contributed by atoms with van der Waals surface area (Å²) >= 11 is 0. The molecule has 0 aliphatic heterocycles. The Kier molecular flexibility index (Phi) is 3.82. The molecule has 0 bridgehead atoms. The molecule has 0 fully saturated rings. The Balaban J connectivity index is 2.27. The SMILES string of the molecule is CC(C)c1ccc(Oc2cccc(F)c2C#N)cc1. The number of ether oxygens (including phenoxy) is 1. The van der Waals surface area contributed by atoms with Crippen molar-refractivity contribution in [2.24, 2.45) is 0 Å². The van der Waals surface area contributed by atoms with E-state index in [4.69, 9.17) is 10.00 Å². The minimum Gasteiger partial charge on any atom is -0.456 e. The summed E-state index contributed by atoms with van der Waals surface area (Å²) in [6.07, 6.45) is 0. The van der Waals surface area contributed by atoms with Crippen LogP contribution >= 0.6 is 0 Å². The van der Waals surface area contributed by atoms with Crippen LogP contribution in [0.2, 0.25) is 0 Å². The fourth-order valence-electron chi connectivity index (χ4n) is 1.75. The predicted octanol–water partition coefficient (Wildman–Crippen LogP) is 4.61. The summed E-state index contributed by atoms with van der Waals surface area (Å²) in [6, 6.07) is 13.7. The predicted molar refractivity (Wildman–Crippen MR) is 71.7 cm³/mol. The summed E-state index contributed by atoms with van der Waals surface area (Å²) in [5.74, 6) is 0.697. The molecule has 0 saturated heterocycles. The van der Waals surface area contributed by atoms with Crippen molar-refractivity contribution in [2.75, 3.05) is 0 Å². The van der Waals surface area contributed by atoms with Crippen LogP contribution < -0.4 is 4.74 Å². The van der Waals surface area contributed by atoms with Gasteiger partial charge in [0, 0.05) is 0 Å². The Morgan fingerprint density at radius 2 is 1.79 bits per heavy atom. The fourth-order valence-corrected chi connectivity index (χ4v) is 1.75. The molecule has 0 spiro atoms. The van der Waals surface area contributed by atoms with E-state index in [1.807, 2.05) is 30.3 Å². The highest BCUT2D eigenvalue weighted by Crippen LogP contribution is 2.27. The Hall–Kier alpha value is -2.34. The Labute approximate surface area is 112 Å².